The Labute approximate surface area is 182 Å². The van der Waals surface area contributed by atoms with Gasteiger partial charge in [0.25, 0.3) is 5.91 Å². The van der Waals surface area contributed by atoms with E-state index in [0.29, 0.717) is 29.5 Å². The molecule has 2 aromatic carbocycles. The van der Waals surface area contributed by atoms with Crippen molar-refractivity contribution in [2.24, 2.45) is 5.92 Å². The van der Waals surface area contributed by atoms with Crippen LogP contribution in [0.3, 0.4) is 0 Å². The highest BCUT2D eigenvalue weighted by atomic mass is 16.5. The van der Waals surface area contributed by atoms with Crippen molar-refractivity contribution in [3.8, 4) is 17.0 Å². The lowest BCUT2D eigenvalue weighted by molar-refractivity contribution is 0.0933. The fraction of sp³-hybridized carbons (Fsp3) is 0.333. The predicted molar refractivity (Wildman–Crippen MR) is 120 cm³/mol. The van der Waals surface area contributed by atoms with Crippen LogP contribution in [0, 0.1) is 5.92 Å². The number of amides is 1. The molecule has 3 aromatic rings. The molecule has 0 aliphatic carbocycles. The largest absolute Gasteiger partial charge is 0.495 e. The van der Waals surface area contributed by atoms with Crippen molar-refractivity contribution >= 4 is 11.6 Å². The molecule has 1 amide bonds. The van der Waals surface area contributed by atoms with Crippen LogP contribution in [0.4, 0.5) is 5.69 Å². The van der Waals surface area contributed by atoms with Crippen LogP contribution in [0.15, 0.2) is 59.1 Å². The molecule has 0 spiro atoms. The summed E-state index contributed by atoms with van der Waals surface area (Å²) < 4.78 is 10.7. The molecule has 0 radical (unpaired) electrons. The molecule has 0 unspecified atom stereocenters. The Kier molecular flexibility index (Phi) is 6.52. The van der Waals surface area contributed by atoms with Crippen LogP contribution in [-0.2, 0) is 6.54 Å². The summed E-state index contributed by atoms with van der Waals surface area (Å²) in [5.74, 6) is 1.76. The number of ether oxygens (including phenoxy) is 1. The zero-order valence-corrected chi connectivity index (χ0v) is 17.7. The molecule has 0 bridgehead atoms. The fourth-order valence-electron chi connectivity index (χ4n) is 3.89. The van der Waals surface area contributed by atoms with Crippen molar-refractivity contribution in [1.29, 1.82) is 0 Å². The summed E-state index contributed by atoms with van der Waals surface area (Å²) in [6.45, 7) is 3.36. The Morgan fingerprint density at radius 3 is 2.71 bits per heavy atom. The number of piperidine rings is 1. The maximum absolute atomic E-state index is 12.5. The summed E-state index contributed by atoms with van der Waals surface area (Å²) in [7, 11) is 1.54. The third-order valence-electron chi connectivity index (χ3n) is 5.76. The second kappa shape index (κ2) is 9.66. The number of nitrogens with zero attached hydrogens (tertiary/aromatic N) is 2. The van der Waals surface area contributed by atoms with Crippen molar-refractivity contribution in [2.75, 3.05) is 32.5 Å². The number of hydrogen-bond donors (Lipinski definition) is 2. The first-order valence-corrected chi connectivity index (χ1v) is 10.6. The Bertz CT molecular complexity index is 1010. The number of rotatable bonds is 7. The molecule has 7 nitrogen and oxygen atoms in total. The number of benzene rings is 2. The number of anilines is 1. The van der Waals surface area contributed by atoms with Crippen LogP contribution < -0.4 is 15.8 Å². The molecule has 1 aliphatic heterocycles. The molecular formula is C24H28N4O3. The van der Waals surface area contributed by atoms with E-state index in [1.54, 1.807) is 25.3 Å². The molecule has 1 fully saturated rings. The summed E-state index contributed by atoms with van der Waals surface area (Å²) in [4.78, 5) is 14.8. The highest BCUT2D eigenvalue weighted by Crippen LogP contribution is 2.24. The summed E-state index contributed by atoms with van der Waals surface area (Å²) in [5, 5.41) is 7.24. The van der Waals surface area contributed by atoms with E-state index in [1.807, 2.05) is 36.4 Å². The van der Waals surface area contributed by atoms with Gasteiger partial charge in [0.05, 0.1) is 19.3 Å². The summed E-state index contributed by atoms with van der Waals surface area (Å²) in [5.41, 5.74) is 8.83. The van der Waals surface area contributed by atoms with Crippen LogP contribution in [0.1, 0.15) is 29.0 Å². The average Bonchev–Trinajstić information content (AvgIpc) is 3.28. The van der Waals surface area contributed by atoms with Crippen molar-refractivity contribution in [3.63, 3.8) is 0 Å². The smallest absolute Gasteiger partial charge is 0.251 e. The van der Waals surface area contributed by atoms with Gasteiger partial charge in [0.15, 0.2) is 5.76 Å². The van der Waals surface area contributed by atoms with Gasteiger partial charge in [-0.15, -0.1) is 0 Å². The monoisotopic (exact) mass is 420 g/mol. The first-order chi connectivity index (χ1) is 15.1. The van der Waals surface area contributed by atoms with Gasteiger partial charge in [-0.2, -0.15) is 0 Å². The van der Waals surface area contributed by atoms with Crippen LogP contribution in [0.25, 0.3) is 11.3 Å². The first-order valence-electron chi connectivity index (χ1n) is 10.6. The second-order valence-corrected chi connectivity index (χ2v) is 7.93. The van der Waals surface area contributed by atoms with Gasteiger partial charge in [0.1, 0.15) is 11.4 Å². The third kappa shape index (κ3) is 5.24. The second-order valence-electron chi connectivity index (χ2n) is 7.93. The highest BCUT2D eigenvalue weighted by molar-refractivity contribution is 5.95. The van der Waals surface area contributed by atoms with Gasteiger partial charge in [-0.3, -0.25) is 9.69 Å². The zero-order valence-electron chi connectivity index (χ0n) is 17.7. The lowest BCUT2D eigenvalue weighted by Crippen LogP contribution is -2.38. The number of carbonyl (C=O) groups is 1. The van der Waals surface area contributed by atoms with Gasteiger partial charge in [0, 0.05) is 23.7 Å². The standard InChI is InChI=1S/C24H28N4O3/c1-30-23-13-19(7-8-21(23)25)24(29)26-15-17-9-11-28(12-10-17)16-20-14-22(27-31-20)18-5-3-2-4-6-18/h2-8,13-14,17H,9-12,15-16,25H2,1H3,(H,26,29). The van der Waals surface area contributed by atoms with Gasteiger partial charge in [-0.05, 0) is 50.0 Å². The Morgan fingerprint density at radius 2 is 1.97 bits per heavy atom. The molecule has 1 aliphatic rings. The predicted octanol–water partition coefficient (Wildman–Crippen LogP) is 3.57. The SMILES string of the molecule is COc1cc(C(=O)NCC2CCN(Cc3cc(-c4ccccc4)no3)CC2)ccc1N. The van der Waals surface area contributed by atoms with Crippen molar-refractivity contribution in [2.45, 2.75) is 19.4 Å². The van der Waals surface area contributed by atoms with Gasteiger partial charge in [-0.25, -0.2) is 0 Å². The molecule has 0 saturated carbocycles. The van der Waals surface area contributed by atoms with E-state index in [4.69, 9.17) is 15.0 Å². The van der Waals surface area contributed by atoms with E-state index in [1.165, 1.54) is 0 Å². The number of carbonyl (C=O) groups excluding carboxylic acids is 1. The van der Waals surface area contributed by atoms with E-state index >= 15 is 0 Å². The molecule has 3 N–H and O–H groups in total. The highest BCUT2D eigenvalue weighted by Gasteiger charge is 2.21. The average molecular weight is 421 g/mol. The number of nitrogens with two attached hydrogens (primary N) is 1. The fourth-order valence-corrected chi connectivity index (χ4v) is 3.89. The molecule has 2 heterocycles. The van der Waals surface area contributed by atoms with Crippen molar-refractivity contribution in [3.05, 3.63) is 65.9 Å². The molecule has 1 aromatic heterocycles. The van der Waals surface area contributed by atoms with Crippen LogP contribution >= 0.6 is 0 Å². The van der Waals surface area contributed by atoms with Gasteiger partial charge in [0.2, 0.25) is 0 Å². The van der Waals surface area contributed by atoms with E-state index in [0.717, 1.165) is 49.5 Å². The van der Waals surface area contributed by atoms with Crippen molar-refractivity contribution in [1.82, 2.24) is 15.4 Å². The molecule has 7 heteroatoms. The van der Waals surface area contributed by atoms with Gasteiger partial charge >= 0.3 is 0 Å². The number of hydrogen-bond acceptors (Lipinski definition) is 6. The lowest BCUT2D eigenvalue weighted by Gasteiger charge is -2.31. The number of nitrogens with one attached hydrogen (secondary N) is 1. The number of aromatic nitrogens is 1. The topological polar surface area (TPSA) is 93.6 Å². The van der Waals surface area contributed by atoms with E-state index in [2.05, 4.69) is 15.4 Å². The quantitative estimate of drug-likeness (QED) is 0.568. The molecule has 31 heavy (non-hydrogen) atoms. The molecule has 0 atom stereocenters. The minimum Gasteiger partial charge on any atom is -0.495 e. The van der Waals surface area contributed by atoms with Gasteiger partial charge < -0.3 is 20.3 Å². The molecular weight excluding hydrogens is 392 g/mol. The van der Waals surface area contributed by atoms with Crippen molar-refractivity contribution < 1.29 is 14.1 Å². The van der Waals surface area contributed by atoms with Gasteiger partial charge in [-0.1, -0.05) is 35.5 Å². The molecule has 162 valence electrons. The Balaban J connectivity index is 1.23. The third-order valence-corrected chi connectivity index (χ3v) is 5.76. The first kappa shape index (κ1) is 20.9. The Hall–Kier alpha value is -3.32. The molecule has 4 rings (SSSR count). The minimum absolute atomic E-state index is 0.101. The molecule has 1 saturated heterocycles. The number of methoxy groups -OCH3 is 1. The van der Waals surface area contributed by atoms with E-state index in [-0.39, 0.29) is 5.91 Å². The Morgan fingerprint density at radius 1 is 1.19 bits per heavy atom. The number of likely N-dealkylation sites (tertiary alicyclic amines) is 1. The minimum atomic E-state index is -0.101. The summed E-state index contributed by atoms with van der Waals surface area (Å²) >= 11 is 0. The zero-order chi connectivity index (χ0) is 21.6. The van der Waals surface area contributed by atoms with Crippen LogP contribution in [0.5, 0.6) is 5.75 Å². The normalized spacial score (nSPS) is 15.0. The van der Waals surface area contributed by atoms with Crippen LogP contribution in [0.2, 0.25) is 0 Å². The maximum atomic E-state index is 12.5. The number of nitrogen functional groups attached to an aromatic ring is 1. The summed E-state index contributed by atoms with van der Waals surface area (Å²) in [6, 6.07) is 17.1. The van der Waals surface area contributed by atoms with Crippen LogP contribution in [-0.4, -0.2) is 42.7 Å². The maximum Gasteiger partial charge on any atom is 0.251 e. The van der Waals surface area contributed by atoms with E-state index < -0.39 is 0 Å². The summed E-state index contributed by atoms with van der Waals surface area (Å²) in [6.07, 6.45) is 2.07. The van der Waals surface area contributed by atoms with E-state index in [9.17, 15) is 4.79 Å². The lowest BCUT2D eigenvalue weighted by atomic mass is 9.96.